The molecule has 1 aliphatic rings. The van der Waals surface area contributed by atoms with Crippen molar-refractivity contribution in [1.82, 2.24) is 15.3 Å². The average molecular weight is 290 g/mol. The molecule has 1 aliphatic heterocycles. The molecule has 2 rings (SSSR count). The van der Waals surface area contributed by atoms with Crippen molar-refractivity contribution in [3.8, 4) is 0 Å². The van der Waals surface area contributed by atoms with Crippen LogP contribution in [0.3, 0.4) is 0 Å². The van der Waals surface area contributed by atoms with Gasteiger partial charge >= 0.3 is 0 Å². The van der Waals surface area contributed by atoms with Gasteiger partial charge in [0, 0.05) is 37.6 Å². The molecule has 4 nitrogen and oxygen atoms in total. The first-order valence-corrected chi connectivity index (χ1v) is 8.29. The molecule has 1 N–H and O–H groups in total. The van der Waals surface area contributed by atoms with Crippen molar-refractivity contribution in [2.45, 2.75) is 53.5 Å². The zero-order chi connectivity index (χ0) is 15.3. The molecule has 1 fully saturated rings. The van der Waals surface area contributed by atoms with E-state index in [1.165, 1.54) is 19.3 Å². The number of anilines is 1. The monoisotopic (exact) mass is 290 g/mol. The summed E-state index contributed by atoms with van der Waals surface area (Å²) in [5.41, 5.74) is 1.67. The summed E-state index contributed by atoms with van der Waals surface area (Å²) in [5, 5.41) is 3.42. The van der Waals surface area contributed by atoms with Crippen LogP contribution in [0.15, 0.2) is 12.4 Å². The van der Waals surface area contributed by atoms with Crippen molar-refractivity contribution < 1.29 is 0 Å². The molecule has 0 unspecified atom stereocenters. The highest BCUT2D eigenvalue weighted by Gasteiger charge is 2.29. The van der Waals surface area contributed by atoms with Crippen LogP contribution >= 0.6 is 0 Å². The van der Waals surface area contributed by atoms with E-state index in [1.54, 1.807) is 0 Å². The minimum absolute atomic E-state index is 0.511. The number of nitrogens with zero attached hydrogens (tertiary/aromatic N) is 3. The first kappa shape index (κ1) is 16.2. The highest BCUT2D eigenvalue weighted by molar-refractivity contribution is 5.30. The van der Waals surface area contributed by atoms with E-state index < -0.39 is 0 Å². The smallest absolute Gasteiger partial charge is 0.225 e. The number of hydrogen-bond acceptors (Lipinski definition) is 4. The number of hydrogen-bond donors (Lipinski definition) is 1. The Morgan fingerprint density at radius 1 is 1.24 bits per heavy atom. The van der Waals surface area contributed by atoms with Gasteiger partial charge in [0.15, 0.2) is 0 Å². The fourth-order valence-electron chi connectivity index (χ4n) is 2.71. The molecule has 1 saturated heterocycles. The predicted molar refractivity (Wildman–Crippen MR) is 88.4 cm³/mol. The van der Waals surface area contributed by atoms with Gasteiger partial charge in [0.05, 0.1) is 0 Å². The molecular weight excluding hydrogens is 260 g/mol. The van der Waals surface area contributed by atoms with E-state index in [1.807, 2.05) is 12.4 Å². The summed E-state index contributed by atoms with van der Waals surface area (Å²) >= 11 is 0. The molecule has 0 spiro atoms. The summed E-state index contributed by atoms with van der Waals surface area (Å²) in [4.78, 5) is 11.4. The molecule has 0 bridgehead atoms. The molecule has 0 aliphatic carbocycles. The van der Waals surface area contributed by atoms with Crippen LogP contribution in [-0.2, 0) is 6.54 Å². The van der Waals surface area contributed by atoms with Crippen LogP contribution in [0, 0.1) is 11.3 Å². The minimum Gasteiger partial charge on any atom is -0.341 e. The lowest BCUT2D eigenvalue weighted by atomic mass is 9.78. The van der Waals surface area contributed by atoms with E-state index in [2.05, 4.69) is 47.9 Å². The molecule has 1 aromatic rings. The zero-order valence-electron chi connectivity index (χ0n) is 14.0. The van der Waals surface area contributed by atoms with Gasteiger partial charge in [0.25, 0.3) is 0 Å². The zero-order valence-corrected chi connectivity index (χ0v) is 14.0. The van der Waals surface area contributed by atoms with Crippen LogP contribution in [0.4, 0.5) is 5.95 Å². The second-order valence-corrected chi connectivity index (χ2v) is 7.07. The molecule has 0 radical (unpaired) electrons. The van der Waals surface area contributed by atoms with E-state index in [4.69, 9.17) is 0 Å². The number of nitrogens with one attached hydrogen (secondary N) is 1. The molecule has 0 amide bonds. The van der Waals surface area contributed by atoms with Crippen LogP contribution in [0.5, 0.6) is 0 Å². The Hall–Kier alpha value is -1.16. The Kier molecular flexibility index (Phi) is 5.57. The highest BCUT2D eigenvalue weighted by atomic mass is 15.2. The third-order valence-corrected chi connectivity index (χ3v) is 4.68. The van der Waals surface area contributed by atoms with Crippen LogP contribution in [0.1, 0.15) is 52.5 Å². The van der Waals surface area contributed by atoms with Crippen molar-refractivity contribution in [3.05, 3.63) is 18.0 Å². The number of rotatable bonds is 6. The summed E-state index contributed by atoms with van der Waals surface area (Å²) in [6, 6.07) is 0. The van der Waals surface area contributed by atoms with Gasteiger partial charge in [-0.3, -0.25) is 0 Å². The van der Waals surface area contributed by atoms with E-state index in [0.29, 0.717) is 11.3 Å². The highest BCUT2D eigenvalue weighted by Crippen LogP contribution is 2.34. The molecule has 1 aromatic heterocycles. The van der Waals surface area contributed by atoms with Gasteiger partial charge in [-0.1, -0.05) is 34.1 Å². The van der Waals surface area contributed by atoms with Gasteiger partial charge in [0.2, 0.25) is 5.95 Å². The summed E-state index contributed by atoms with van der Waals surface area (Å²) < 4.78 is 0. The van der Waals surface area contributed by atoms with Gasteiger partial charge < -0.3 is 10.2 Å². The Morgan fingerprint density at radius 3 is 2.38 bits per heavy atom. The van der Waals surface area contributed by atoms with Gasteiger partial charge in [-0.05, 0) is 30.7 Å². The van der Waals surface area contributed by atoms with Crippen LogP contribution in [0.25, 0.3) is 0 Å². The minimum atomic E-state index is 0.511. The average Bonchev–Trinajstić information content (AvgIpc) is 2.49. The van der Waals surface area contributed by atoms with Crippen LogP contribution in [0.2, 0.25) is 0 Å². The van der Waals surface area contributed by atoms with Gasteiger partial charge in [0.1, 0.15) is 0 Å². The Labute approximate surface area is 129 Å². The number of piperidine rings is 1. The SMILES string of the molecule is CCC1(C)CCN(c2ncc(CNCC(C)C)cn2)CC1. The number of aromatic nitrogens is 2. The maximum atomic E-state index is 4.55. The summed E-state index contributed by atoms with van der Waals surface area (Å²) in [6.07, 6.45) is 7.67. The fourth-order valence-corrected chi connectivity index (χ4v) is 2.71. The Bertz CT molecular complexity index is 419. The van der Waals surface area contributed by atoms with Crippen molar-refractivity contribution in [3.63, 3.8) is 0 Å². The van der Waals surface area contributed by atoms with Gasteiger partial charge in [-0.25, -0.2) is 9.97 Å². The molecule has 118 valence electrons. The van der Waals surface area contributed by atoms with Crippen molar-refractivity contribution in [1.29, 1.82) is 0 Å². The molecule has 21 heavy (non-hydrogen) atoms. The molecule has 4 heteroatoms. The first-order chi connectivity index (χ1) is 10.0. The predicted octanol–water partition coefficient (Wildman–Crippen LogP) is 3.24. The third kappa shape index (κ3) is 4.67. The lowest BCUT2D eigenvalue weighted by Gasteiger charge is -2.38. The first-order valence-electron chi connectivity index (χ1n) is 8.29. The van der Waals surface area contributed by atoms with Crippen molar-refractivity contribution in [2.24, 2.45) is 11.3 Å². The Morgan fingerprint density at radius 2 is 1.86 bits per heavy atom. The second-order valence-electron chi connectivity index (χ2n) is 7.07. The second kappa shape index (κ2) is 7.21. The topological polar surface area (TPSA) is 41.1 Å². The molecule has 0 saturated carbocycles. The largest absolute Gasteiger partial charge is 0.341 e. The standard InChI is InChI=1S/C17H30N4/c1-5-17(4)6-8-21(9-7-17)16-19-12-15(13-20-16)11-18-10-14(2)3/h12-14,18H,5-11H2,1-4H3. The lowest BCUT2D eigenvalue weighted by Crippen LogP contribution is -2.39. The van der Waals surface area contributed by atoms with E-state index in [0.717, 1.165) is 37.7 Å². The maximum Gasteiger partial charge on any atom is 0.225 e. The summed E-state index contributed by atoms with van der Waals surface area (Å²) in [6.45, 7) is 13.2. The van der Waals surface area contributed by atoms with Crippen molar-refractivity contribution in [2.75, 3.05) is 24.5 Å². The lowest BCUT2D eigenvalue weighted by molar-refractivity contribution is 0.237. The molecule has 0 aromatic carbocycles. The maximum absolute atomic E-state index is 4.55. The Balaban J connectivity index is 1.85. The normalized spacial score (nSPS) is 18.2. The fraction of sp³-hybridized carbons (Fsp3) is 0.765. The van der Waals surface area contributed by atoms with E-state index in [9.17, 15) is 0 Å². The quantitative estimate of drug-likeness (QED) is 0.873. The van der Waals surface area contributed by atoms with Gasteiger partial charge in [-0.2, -0.15) is 0 Å². The van der Waals surface area contributed by atoms with Gasteiger partial charge in [-0.15, -0.1) is 0 Å². The summed E-state index contributed by atoms with van der Waals surface area (Å²) in [5.74, 6) is 1.56. The third-order valence-electron chi connectivity index (χ3n) is 4.68. The van der Waals surface area contributed by atoms with E-state index in [-0.39, 0.29) is 0 Å². The van der Waals surface area contributed by atoms with Crippen LogP contribution in [-0.4, -0.2) is 29.6 Å². The van der Waals surface area contributed by atoms with Crippen molar-refractivity contribution >= 4 is 5.95 Å². The molecular formula is C17H30N4. The molecule has 2 heterocycles. The van der Waals surface area contributed by atoms with E-state index >= 15 is 0 Å². The van der Waals surface area contributed by atoms with Crippen LogP contribution < -0.4 is 10.2 Å². The molecule has 0 atom stereocenters. The summed E-state index contributed by atoms with van der Waals surface area (Å²) in [7, 11) is 0.